The Morgan fingerprint density at radius 3 is 2.23 bits per heavy atom. The summed E-state index contributed by atoms with van der Waals surface area (Å²) in [6.45, 7) is 2.75. The fourth-order valence-electron chi connectivity index (χ4n) is 2.16. The van der Waals surface area contributed by atoms with Crippen molar-refractivity contribution in [1.29, 1.82) is 0 Å². The van der Waals surface area contributed by atoms with E-state index in [2.05, 4.69) is 0 Å². The average molecular weight is 184 g/mol. The van der Waals surface area contributed by atoms with Gasteiger partial charge in [-0.3, -0.25) is 0 Å². The number of carbonyl (C=O) groups is 1. The lowest BCUT2D eigenvalue weighted by molar-refractivity contribution is 0.180. The minimum absolute atomic E-state index is 0.255. The fraction of sp³-hybridized carbons (Fsp3) is 0.900. The van der Waals surface area contributed by atoms with Crippen LogP contribution in [0.15, 0.2) is 0 Å². The molecule has 0 unspecified atom stereocenters. The molecule has 0 aromatic carbocycles. The second kappa shape index (κ2) is 5.10. The molecule has 2 amide bonds. The van der Waals surface area contributed by atoms with E-state index < -0.39 is 0 Å². The zero-order valence-corrected chi connectivity index (χ0v) is 8.46. The summed E-state index contributed by atoms with van der Waals surface area (Å²) in [4.78, 5) is 12.9. The normalized spacial score (nSPS) is 19.5. The SMILES string of the molecule is CCN(C(N)=O)C1CCCCCC1. The van der Waals surface area contributed by atoms with E-state index in [1.165, 1.54) is 25.7 Å². The number of primary amides is 1. The molecular formula is C10H20N2O. The zero-order chi connectivity index (χ0) is 9.68. The average Bonchev–Trinajstić information content (AvgIpc) is 2.33. The highest BCUT2D eigenvalue weighted by molar-refractivity contribution is 5.72. The van der Waals surface area contributed by atoms with E-state index >= 15 is 0 Å². The fourth-order valence-corrected chi connectivity index (χ4v) is 2.16. The molecule has 1 aliphatic carbocycles. The summed E-state index contributed by atoms with van der Waals surface area (Å²) in [5.74, 6) is 0. The highest BCUT2D eigenvalue weighted by Gasteiger charge is 2.20. The molecule has 3 nitrogen and oxygen atoms in total. The van der Waals surface area contributed by atoms with E-state index in [0.29, 0.717) is 6.04 Å². The van der Waals surface area contributed by atoms with Gasteiger partial charge in [-0.05, 0) is 19.8 Å². The molecular weight excluding hydrogens is 164 g/mol. The molecule has 1 rings (SSSR count). The maximum Gasteiger partial charge on any atom is 0.315 e. The summed E-state index contributed by atoms with van der Waals surface area (Å²) in [5.41, 5.74) is 5.32. The molecule has 1 fully saturated rings. The standard InChI is InChI=1S/C10H20N2O/c1-2-12(10(11)13)9-7-5-3-4-6-8-9/h9H,2-8H2,1H3,(H2,11,13). The van der Waals surface area contributed by atoms with Crippen molar-refractivity contribution in [3.05, 3.63) is 0 Å². The van der Waals surface area contributed by atoms with Crippen LogP contribution in [0.1, 0.15) is 45.4 Å². The Balaban J connectivity index is 2.50. The first kappa shape index (κ1) is 10.4. The molecule has 3 heteroatoms. The molecule has 1 aliphatic rings. The number of carbonyl (C=O) groups excluding carboxylic acids is 1. The maximum atomic E-state index is 11.1. The lowest BCUT2D eigenvalue weighted by atomic mass is 10.1. The van der Waals surface area contributed by atoms with Gasteiger partial charge in [0.15, 0.2) is 0 Å². The van der Waals surface area contributed by atoms with E-state index in [1.807, 2.05) is 11.8 Å². The molecule has 0 aromatic heterocycles. The number of nitrogens with two attached hydrogens (primary N) is 1. The van der Waals surface area contributed by atoms with Crippen LogP contribution >= 0.6 is 0 Å². The number of nitrogens with zero attached hydrogens (tertiary/aromatic N) is 1. The summed E-state index contributed by atoms with van der Waals surface area (Å²) in [7, 11) is 0. The van der Waals surface area contributed by atoms with E-state index in [9.17, 15) is 4.79 Å². The molecule has 0 saturated heterocycles. The van der Waals surface area contributed by atoms with Crippen LogP contribution in [-0.4, -0.2) is 23.5 Å². The van der Waals surface area contributed by atoms with Crippen molar-refractivity contribution < 1.29 is 4.79 Å². The summed E-state index contributed by atoms with van der Waals surface area (Å²) in [5, 5.41) is 0. The Kier molecular flexibility index (Phi) is 4.06. The first-order valence-corrected chi connectivity index (χ1v) is 5.31. The van der Waals surface area contributed by atoms with Crippen LogP contribution in [0.5, 0.6) is 0 Å². The van der Waals surface area contributed by atoms with Crippen LogP contribution in [0, 0.1) is 0 Å². The first-order valence-electron chi connectivity index (χ1n) is 5.31. The Hall–Kier alpha value is -0.730. The Morgan fingerprint density at radius 1 is 1.31 bits per heavy atom. The predicted molar refractivity (Wildman–Crippen MR) is 53.5 cm³/mol. The van der Waals surface area contributed by atoms with Crippen molar-refractivity contribution in [2.75, 3.05) is 6.54 Å². The van der Waals surface area contributed by atoms with Crippen molar-refractivity contribution >= 4 is 6.03 Å². The highest BCUT2D eigenvalue weighted by atomic mass is 16.2. The highest BCUT2D eigenvalue weighted by Crippen LogP contribution is 2.21. The van der Waals surface area contributed by atoms with Crippen LogP contribution in [-0.2, 0) is 0 Å². The Bertz CT molecular complexity index is 162. The van der Waals surface area contributed by atoms with Crippen molar-refractivity contribution in [2.24, 2.45) is 5.73 Å². The molecule has 0 heterocycles. The maximum absolute atomic E-state index is 11.1. The quantitative estimate of drug-likeness (QED) is 0.656. The topological polar surface area (TPSA) is 46.3 Å². The Morgan fingerprint density at radius 2 is 1.85 bits per heavy atom. The van der Waals surface area contributed by atoms with Crippen LogP contribution < -0.4 is 5.73 Å². The molecule has 1 saturated carbocycles. The van der Waals surface area contributed by atoms with Gasteiger partial charge in [0.2, 0.25) is 0 Å². The molecule has 0 atom stereocenters. The van der Waals surface area contributed by atoms with Crippen molar-refractivity contribution in [3.8, 4) is 0 Å². The summed E-state index contributed by atoms with van der Waals surface area (Å²) < 4.78 is 0. The molecule has 0 aromatic rings. The van der Waals surface area contributed by atoms with Crippen LogP contribution in [0.25, 0.3) is 0 Å². The van der Waals surface area contributed by atoms with Crippen LogP contribution in [0.2, 0.25) is 0 Å². The first-order chi connectivity index (χ1) is 6.25. The molecule has 13 heavy (non-hydrogen) atoms. The molecule has 2 N–H and O–H groups in total. The number of hydrogen-bond donors (Lipinski definition) is 1. The van der Waals surface area contributed by atoms with Crippen molar-refractivity contribution in [1.82, 2.24) is 4.90 Å². The Labute approximate surface area is 80.3 Å². The minimum atomic E-state index is -0.255. The second-order valence-electron chi connectivity index (χ2n) is 3.77. The lowest BCUT2D eigenvalue weighted by Gasteiger charge is -2.28. The lowest BCUT2D eigenvalue weighted by Crippen LogP contribution is -2.43. The number of hydrogen-bond acceptors (Lipinski definition) is 1. The van der Waals surface area contributed by atoms with Crippen LogP contribution in [0.4, 0.5) is 4.79 Å². The van der Waals surface area contributed by atoms with Gasteiger partial charge >= 0.3 is 6.03 Å². The third-order valence-corrected chi connectivity index (χ3v) is 2.89. The van der Waals surface area contributed by atoms with Gasteiger partial charge in [0.05, 0.1) is 0 Å². The largest absolute Gasteiger partial charge is 0.351 e. The van der Waals surface area contributed by atoms with E-state index in [0.717, 1.165) is 19.4 Å². The van der Waals surface area contributed by atoms with E-state index in [1.54, 1.807) is 0 Å². The number of rotatable bonds is 2. The zero-order valence-electron chi connectivity index (χ0n) is 8.46. The van der Waals surface area contributed by atoms with Gasteiger partial charge in [-0.1, -0.05) is 25.7 Å². The molecule has 76 valence electrons. The minimum Gasteiger partial charge on any atom is -0.351 e. The smallest absolute Gasteiger partial charge is 0.315 e. The van der Waals surface area contributed by atoms with Gasteiger partial charge in [-0.2, -0.15) is 0 Å². The molecule has 0 radical (unpaired) electrons. The van der Waals surface area contributed by atoms with Gasteiger partial charge < -0.3 is 10.6 Å². The van der Waals surface area contributed by atoms with Crippen molar-refractivity contribution in [3.63, 3.8) is 0 Å². The van der Waals surface area contributed by atoms with Gasteiger partial charge in [-0.15, -0.1) is 0 Å². The van der Waals surface area contributed by atoms with E-state index in [-0.39, 0.29) is 6.03 Å². The predicted octanol–water partition coefficient (Wildman–Crippen LogP) is 2.11. The molecule has 0 aliphatic heterocycles. The summed E-state index contributed by atoms with van der Waals surface area (Å²) in [6, 6.07) is 0.152. The number of urea groups is 1. The monoisotopic (exact) mass is 184 g/mol. The number of amides is 2. The van der Waals surface area contributed by atoms with Gasteiger partial charge in [0.1, 0.15) is 0 Å². The van der Waals surface area contributed by atoms with Gasteiger partial charge in [0, 0.05) is 12.6 Å². The summed E-state index contributed by atoms with van der Waals surface area (Å²) in [6.07, 6.45) is 7.39. The third-order valence-electron chi connectivity index (χ3n) is 2.89. The van der Waals surface area contributed by atoms with Gasteiger partial charge in [-0.25, -0.2) is 4.79 Å². The van der Waals surface area contributed by atoms with Crippen molar-refractivity contribution in [2.45, 2.75) is 51.5 Å². The second-order valence-corrected chi connectivity index (χ2v) is 3.77. The van der Waals surface area contributed by atoms with E-state index in [4.69, 9.17) is 5.73 Å². The van der Waals surface area contributed by atoms with Gasteiger partial charge in [0.25, 0.3) is 0 Å². The molecule has 0 bridgehead atoms. The summed E-state index contributed by atoms with van der Waals surface area (Å²) >= 11 is 0. The third kappa shape index (κ3) is 2.90. The van der Waals surface area contributed by atoms with Crippen LogP contribution in [0.3, 0.4) is 0 Å². The molecule has 0 spiro atoms.